The third-order valence-corrected chi connectivity index (χ3v) is 6.94. The highest BCUT2D eigenvalue weighted by Crippen LogP contribution is 2.40. The Morgan fingerprint density at radius 3 is 2.69 bits per heavy atom. The van der Waals surface area contributed by atoms with Crippen molar-refractivity contribution in [2.75, 3.05) is 18.0 Å². The van der Waals surface area contributed by atoms with E-state index >= 15 is 0 Å². The van der Waals surface area contributed by atoms with Crippen LogP contribution < -0.4 is 10.2 Å². The number of aliphatic hydroxyl groups excluding tert-OH is 1. The van der Waals surface area contributed by atoms with Crippen molar-refractivity contribution >= 4 is 22.4 Å². The smallest absolute Gasteiger partial charge is 0.287 e. The Hall–Kier alpha value is -2.64. The predicted octanol–water partition coefficient (Wildman–Crippen LogP) is 3.41. The molecule has 29 heavy (non-hydrogen) atoms. The van der Waals surface area contributed by atoms with E-state index in [0.717, 1.165) is 35.9 Å². The summed E-state index contributed by atoms with van der Waals surface area (Å²) in [6.45, 7) is 1.81. The molecule has 6 nitrogen and oxygen atoms in total. The number of aromatic nitrogens is 1. The van der Waals surface area contributed by atoms with Gasteiger partial charge in [-0.2, -0.15) is 0 Å². The van der Waals surface area contributed by atoms with Crippen LogP contribution in [0.2, 0.25) is 0 Å². The van der Waals surface area contributed by atoms with E-state index in [1.165, 1.54) is 6.26 Å². The molecule has 3 heterocycles. The lowest BCUT2D eigenvalue weighted by atomic mass is 9.77. The number of furan rings is 1. The first kappa shape index (κ1) is 18.4. The van der Waals surface area contributed by atoms with Crippen molar-refractivity contribution in [2.24, 2.45) is 11.8 Å². The van der Waals surface area contributed by atoms with E-state index in [4.69, 9.17) is 9.40 Å². The van der Waals surface area contributed by atoms with Crippen LogP contribution in [0.15, 0.2) is 58.5 Å². The maximum absolute atomic E-state index is 12.3. The lowest BCUT2D eigenvalue weighted by Gasteiger charge is -2.35. The molecule has 2 N–H and O–H groups in total. The SMILES string of the molecule is O=C(N[C@H]1C[C@H]2CN(c3nc(-c4ccccc4)cs3)C[C@H]2C[C@@H]1O)c1ccco1. The molecule has 5 rings (SSSR count). The fourth-order valence-corrected chi connectivity index (χ4v) is 5.40. The van der Waals surface area contributed by atoms with Crippen LogP contribution in [0.25, 0.3) is 11.3 Å². The fourth-order valence-electron chi connectivity index (χ4n) is 4.54. The molecule has 2 fully saturated rings. The molecule has 3 aromatic rings. The van der Waals surface area contributed by atoms with Crippen molar-refractivity contribution in [3.05, 3.63) is 59.9 Å². The van der Waals surface area contributed by atoms with Crippen molar-refractivity contribution in [3.63, 3.8) is 0 Å². The molecule has 0 bridgehead atoms. The second-order valence-electron chi connectivity index (χ2n) is 7.90. The van der Waals surface area contributed by atoms with E-state index in [9.17, 15) is 9.90 Å². The predicted molar refractivity (Wildman–Crippen MR) is 112 cm³/mol. The zero-order valence-corrected chi connectivity index (χ0v) is 16.7. The van der Waals surface area contributed by atoms with Crippen molar-refractivity contribution in [1.82, 2.24) is 10.3 Å². The molecule has 1 aliphatic carbocycles. The molecular formula is C22H23N3O3S. The van der Waals surface area contributed by atoms with Crippen molar-refractivity contribution in [3.8, 4) is 11.3 Å². The summed E-state index contributed by atoms with van der Waals surface area (Å²) in [4.78, 5) is 19.5. The molecule has 1 amide bonds. The number of hydrogen-bond acceptors (Lipinski definition) is 6. The zero-order valence-electron chi connectivity index (χ0n) is 15.9. The summed E-state index contributed by atoms with van der Waals surface area (Å²) in [6, 6.07) is 13.3. The van der Waals surface area contributed by atoms with Gasteiger partial charge in [0.25, 0.3) is 5.91 Å². The largest absolute Gasteiger partial charge is 0.459 e. The summed E-state index contributed by atoms with van der Waals surface area (Å²) in [5.74, 6) is 0.874. The van der Waals surface area contributed by atoms with E-state index in [0.29, 0.717) is 18.3 Å². The number of carbonyl (C=O) groups is 1. The van der Waals surface area contributed by atoms with Gasteiger partial charge in [-0.05, 0) is 36.8 Å². The van der Waals surface area contributed by atoms with Gasteiger partial charge >= 0.3 is 0 Å². The Balaban J connectivity index is 1.25. The van der Waals surface area contributed by atoms with Gasteiger partial charge in [0.1, 0.15) is 0 Å². The standard InChI is InChI=1S/C22H23N3O3S/c26-19-10-16-12-25(22-24-18(13-29-22)14-5-2-1-3-6-14)11-15(16)9-17(19)23-21(27)20-7-4-8-28-20/h1-8,13,15-17,19,26H,9-12H2,(H,23,27)/t15-,16+,17-,19-/m0/s1. The van der Waals surface area contributed by atoms with Gasteiger partial charge in [-0.3, -0.25) is 4.79 Å². The first-order valence-corrected chi connectivity index (χ1v) is 10.8. The molecule has 2 aliphatic rings. The maximum atomic E-state index is 12.3. The molecule has 2 aromatic heterocycles. The molecule has 1 saturated heterocycles. The van der Waals surface area contributed by atoms with Crippen molar-refractivity contribution in [2.45, 2.75) is 25.0 Å². The summed E-state index contributed by atoms with van der Waals surface area (Å²) in [5.41, 5.74) is 2.13. The van der Waals surface area contributed by atoms with Crippen molar-refractivity contribution < 1.29 is 14.3 Å². The molecule has 150 valence electrons. The van der Waals surface area contributed by atoms with Crippen LogP contribution in [-0.2, 0) is 0 Å². The van der Waals surface area contributed by atoms with Gasteiger partial charge in [0.05, 0.1) is 24.1 Å². The number of aliphatic hydroxyl groups is 1. The third kappa shape index (κ3) is 3.68. The van der Waals surface area contributed by atoms with Crippen LogP contribution >= 0.6 is 11.3 Å². The molecular weight excluding hydrogens is 386 g/mol. The van der Waals surface area contributed by atoms with E-state index in [1.54, 1.807) is 23.5 Å². The van der Waals surface area contributed by atoms with Gasteiger partial charge < -0.3 is 19.7 Å². The zero-order chi connectivity index (χ0) is 19.8. The lowest BCUT2D eigenvalue weighted by Crippen LogP contribution is -2.49. The van der Waals surface area contributed by atoms with Gasteiger partial charge in [-0.25, -0.2) is 4.98 Å². The number of rotatable bonds is 4. The topological polar surface area (TPSA) is 78.6 Å². The van der Waals surface area contributed by atoms with Gasteiger partial charge in [0.2, 0.25) is 0 Å². The number of fused-ring (bicyclic) bond motifs is 1. The fraction of sp³-hybridized carbons (Fsp3) is 0.364. The Labute approximate surface area is 173 Å². The van der Waals surface area contributed by atoms with Crippen LogP contribution in [0.4, 0.5) is 5.13 Å². The van der Waals surface area contributed by atoms with E-state index in [-0.39, 0.29) is 17.7 Å². The van der Waals surface area contributed by atoms with E-state index in [2.05, 4.69) is 27.7 Å². The average Bonchev–Trinajstić information content (AvgIpc) is 3.49. The number of hydrogen-bond donors (Lipinski definition) is 2. The highest BCUT2D eigenvalue weighted by Gasteiger charge is 2.43. The van der Waals surface area contributed by atoms with Gasteiger partial charge in [-0.1, -0.05) is 30.3 Å². The highest BCUT2D eigenvalue weighted by molar-refractivity contribution is 7.14. The summed E-state index contributed by atoms with van der Waals surface area (Å²) in [7, 11) is 0. The summed E-state index contributed by atoms with van der Waals surface area (Å²) in [6.07, 6.45) is 2.41. The number of thiazole rings is 1. The van der Waals surface area contributed by atoms with Crippen LogP contribution in [-0.4, -0.2) is 41.2 Å². The minimum Gasteiger partial charge on any atom is -0.459 e. The molecule has 4 atom stereocenters. The third-order valence-electron chi connectivity index (χ3n) is 6.04. The van der Waals surface area contributed by atoms with Gasteiger partial charge in [0, 0.05) is 24.0 Å². The second kappa shape index (κ2) is 7.65. The molecule has 0 spiro atoms. The Morgan fingerprint density at radius 1 is 1.14 bits per heavy atom. The summed E-state index contributed by atoms with van der Waals surface area (Å²) < 4.78 is 5.16. The summed E-state index contributed by atoms with van der Waals surface area (Å²) in [5, 5.41) is 16.7. The maximum Gasteiger partial charge on any atom is 0.287 e. The van der Waals surface area contributed by atoms with E-state index < -0.39 is 6.10 Å². The first-order valence-electron chi connectivity index (χ1n) is 9.95. The number of anilines is 1. The monoisotopic (exact) mass is 409 g/mol. The van der Waals surface area contributed by atoms with Crippen LogP contribution in [0.3, 0.4) is 0 Å². The second-order valence-corrected chi connectivity index (χ2v) is 8.74. The quantitative estimate of drug-likeness (QED) is 0.690. The highest BCUT2D eigenvalue weighted by atomic mass is 32.1. The van der Waals surface area contributed by atoms with E-state index in [1.807, 2.05) is 18.2 Å². The van der Waals surface area contributed by atoms with Crippen molar-refractivity contribution in [1.29, 1.82) is 0 Å². The van der Waals surface area contributed by atoms with Gasteiger partial charge in [-0.15, -0.1) is 11.3 Å². The van der Waals surface area contributed by atoms with Crippen LogP contribution in [0, 0.1) is 11.8 Å². The molecule has 7 heteroatoms. The Kier molecular flexibility index (Phi) is 4.85. The minimum absolute atomic E-state index is 0.245. The lowest BCUT2D eigenvalue weighted by molar-refractivity contribution is 0.0453. The summed E-state index contributed by atoms with van der Waals surface area (Å²) >= 11 is 1.67. The molecule has 0 radical (unpaired) electrons. The Morgan fingerprint density at radius 2 is 1.93 bits per heavy atom. The molecule has 1 aliphatic heterocycles. The number of nitrogens with one attached hydrogen (secondary N) is 1. The normalized spacial score (nSPS) is 26.3. The molecule has 0 unspecified atom stereocenters. The average molecular weight is 410 g/mol. The molecule has 1 aromatic carbocycles. The van der Waals surface area contributed by atoms with Gasteiger partial charge in [0.15, 0.2) is 10.9 Å². The number of benzene rings is 1. The molecule has 1 saturated carbocycles. The van der Waals surface area contributed by atoms with Crippen LogP contribution in [0.5, 0.6) is 0 Å². The number of amides is 1. The number of nitrogens with zero attached hydrogens (tertiary/aromatic N) is 2. The minimum atomic E-state index is -0.536. The first-order chi connectivity index (χ1) is 14.2. The Bertz CT molecular complexity index is 972. The van der Waals surface area contributed by atoms with Crippen LogP contribution in [0.1, 0.15) is 23.4 Å². The number of carbonyl (C=O) groups excluding carboxylic acids is 1.